The summed E-state index contributed by atoms with van der Waals surface area (Å²) in [6.45, 7) is 2.57. The van der Waals surface area contributed by atoms with E-state index in [-0.39, 0.29) is 17.2 Å². The van der Waals surface area contributed by atoms with Gasteiger partial charge < -0.3 is 19.0 Å². The Hall–Kier alpha value is -3.53. The van der Waals surface area contributed by atoms with Gasteiger partial charge in [-0.1, -0.05) is 12.1 Å². The summed E-state index contributed by atoms with van der Waals surface area (Å²) in [6.07, 6.45) is -3.22. The van der Waals surface area contributed by atoms with Crippen molar-refractivity contribution in [2.24, 2.45) is 0 Å². The molecule has 1 N–H and O–H groups in total. The number of halogens is 3. The number of hydrogen-bond acceptors (Lipinski definition) is 5. The Balaban J connectivity index is 1.32. The van der Waals surface area contributed by atoms with Crippen molar-refractivity contribution in [3.63, 3.8) is 0 Å². The zero-order valence-electron chi connectivity index (χ0n) is 16.9. The topological polar surface area (TPSA) is 78.8 Å². The van der Waals surface area contributed by atoms with Crippen molar-refractivity contribution in [1.82, 2.24) is 14.8 Å². The van der Waals surface area contributed by atoms with Gasteiger partial charge in [0.05, 0.1) is 12.0 Å². The van der Waals surface area contributed by atoms with Gasteiger partial charge >= 0.3 is 6.36 Å². The second kappa shape index (κ2) is 8.91. The summed E-state index contributed by atoms with van der Waals surface area (Å²) in [6, 6.07) is 12.3. The Morgan fingerprint density at radius 3 is 2.34 bits per heavy atom. The third-order valence-corrected chi connectivity index (χ3v) is 5.15. The van der Waals surface area contributed by atoms with Crippen LogP contribution in [0.25, 0.3) is 11.5 Å². The van der Waals surface area contributed by atoms with Crippen LogP contribution < -0.4 is 10.3 Å². The maximum absolute atomic E-state index is 12.8. The number of aromatic nitrogens is 1. The van der Waals surface area contributed by atoms with E-state index in [1.807, 2.05) is 0 Å². The number of hydrogen-bond donors (Lipinski definition) is 1. The number of rotatable bonds is 5. The van der Waals surface area contributed by atoms with Crippen molar-refractivity contribution >= 4 is 5.91 Å². The van der Waals surface area contributed by atoms with Crippen LogP contribution in [-0.2, 0) is 6.54 Å². The molecule has 1 amide bonds. The summed E-state index contributed by atoms with van der Waals surface area (Å²) >= 11 is 0. The predicted molar refractivity (Wildman–Crippen MR) is 109 cm³/mol. The molecule has 0 spiro atoms. The quantitative estimate of drug-likeness (QED) is 0.648. The predicted octanol–water partition coefficient (Wildman–Crippen LogP) is 3.49. The highest BCUT2D eigenvalue weighted by molar-refractivity contribution is 5.94. The van der Waals surface area contributed by atoms with Crippen LogP contribution in [0.4, 0.5) is 13.2 Å². The zero-order valence-corrected chi connectivity index (χ0v) is 16.9. The van der Waals surface area contributed by atoms with E-state index in [1.165, 1.54) is 24.5 Å². The van der Waals surface area contributed by atoms with Crippen molar-refractivity contribution in [2.45, 2.75) is 12.9 Å². The van der Waals surface area contributed by atoms with E-state index in [0.717, 1.165) is 5.56 Å². The molecule has 32 heavy (non-hydrogen) atoms. The number of alkyl halides is 3. The minimum atomic E-state index is -4.72. The van der Waals surface area contributed by atoms with Crippen LogP contribution in [0.1, 0.15) is 15.9 Å². The molecule has 7 nitrogen and oxygen atoms in total. The summed E-state index contributed by atoms with van der Waals surface area (Å²) in [5, 5.41) is 0. The number of amides is 1. The van der Waals surface area contributed by atoms with E-state index in [1.54, 1.807) is 35.2 Å². The molecule has 1 aromatic carbocycles. The number of pyridine rings is 1. The Morgan fingerprint density at radius 1 is 1.03 bits per heavy atom. The van der Waals surface area contributed by atoms with Gasteiger partial charge in [-0.3, -0.25) is 14.5 Å². The summed E-state index contributed by atoms with van der Waals surface area (Å²) in [4.78, 5) is 31.6. The normalized spacial score (nSPS) is 15.0. The fraction of sp³-hybridized carbons (Fsp3) is 0.273. The molecule has 0 unspecified atom stereocenters. The van der Waals surface area contributed by atoms with Crippen LogP contribution in [0.15, 0.2) is 64.0 Å². The number of nitrogens with one attached hydrogen (secondary N) is 1. The van der Waals surface area contributed by atoms with Crippen LogP contribution in [0.3, 0.4) is 0 Å². The molecular weight excluding hydrogens is 427 g/mol. The first kappa shape index (κ1) is 21.7. The highest BCUT2D eigenvalue weighted by Gasteiger charge is 2.31. The SMILES string of the molecule is O=C(c1ccc(-c2ccco2)[nH]c1=O)N1CCN(Cc2ccc(OC(F)(F)F)cc2)CC1. The van der Waals surface area contributed by atoms with Crippen LogP contribution in [-0.4, -0.2) is 53.2 Å². The molecule has 0 saturated carbocycles. The number of carbonyl (C=O) groups excluding carboxylic acids is 1. The van der Waals surface area contributed by atoms with Gasteiger partial charge in [0.1, 0.15) is 17.1 Å². The summed E-state index contributed by atoms with van der Waals surface area (Å²) < 4.78 is 45.9. The molecule has 4 rings (SSSR count). The fourth-order valence-corrected chi connectivity index (χ4v) is 3.55. The van der Waals surface area contributed by atoms with Crippen LogP contribution >= 0.6 is 0 Å². The van der Waals surface area contributed by atoms with Gasteiger partial charge in [0.25, 0.3) is 11.5 Å². The van der Waals surface area contributed by atoms with Crippen LogP contribution in [0, 0.1) is 0 Å². The summed E-state index contributed by atoms with van der Waals surface area (Å²) in [5.41, 5.74) is 0.916. The number of H-pyrrole nitrogens is 1. The lowest BCUT2D eigenvalue weighted by molar-refractivity contribution is -0.274. The first-order valence-electron chi connectivity index (χ1n) is 9.92. The Kier molecular flexibility index (Phi) is 6.04. The molecule has 10 heteroatoms. The number of piperazine rings is 1. The van der Waals surface area contributed by atoms with Crippen molar-refractivity contribution in [3.8, 4) is 17.2 Å². The maximum atomic E-state index is 12.8. The van der Waals surface area contributed by atoms with Crippen LogP contribution in [0.2, 0.25) is 0 Å². The minimum Gasteiger partial charge on any atom is -0.463 e. The van der Waals surface area contributed by atoms with Gasteiger partial charge in [0.2, 0.25) is 0 Å². The first-order chi connectivity index (χ1) is 15.3. The lowest BCUT2D eigenvalue weighted by atomic mass is 10.1. The second-order valence-electron chi connectivity index (χ2n) is 7.35. The molecule has 1 saturated heterocycles. The van der Waals surface area contributed by atoms with Gasteiger partial charge in [0, 0.05) is 32.7 Å². The molecule has 2 aromatic heterocycles. The Labute approximate surface area is 181 Å². The monoisotopic (exact) mass is 447 g/mol. The molecule has 1 aliphatic rings. The second-order valence-corrected chi connectivity index (χ2v) is 7.35. The third-order valence-electron chi connectivity index (χ3n) is 5.15. The lowest BCUT2D eigenvalue weighted by Crippen LogP contribution is -2.49. The number of furan rings is 1. The van der Waals surface area contributed by atoms with E-state index in [0.29, 0.717) is 44.2 Å². The van der Waals surface area contributed by atoms with Gasteiger partial charge in [-0.15, -0.1) is 13.2 Å². The van der Waals surface area contributed by atoms with Crippen molar-refractivity contribution in [2.75, 3.05) is 26.2 Å². The summed E-state index contributed by atoms with van der Waals surface area (Å²) in [5.74, 6) is -0.0989. The first-order valence-corrected chi connectivity index (χ1v) is 9.92. The van der Waals surface area contributed by atoms with E-state index >= 15 is 0 Å². The van der Waals surface area contributed by atoms with Gasteiger partial charge in [0.15, 0.2) is 0 Å². The standard InChI is InChI=1S/C22H20F3N3O4/c23-22(24,25)32-16-5-3-15(4-6-16)14-27-9-11-28(12-10-27)21(30)17-7-8-18(26-20(17)29)19-2-1-13-31-19/h1-8,13H,9-12,14H2,(H,26,29). The van der Waals surface area contributed by atoms with E-state index in [9.17, 15) is 22.8 Å². The highest BCUT2D eigenvalue weighted by atomic mass is 19.4. The minimum absolute atomic E-state index is 0.0639. The smallest absolute Gasteiger partial charge is 0.463 e. The number of nitrogens with zero attached hydrogens (tertiary/aromatic N) is 2. The number of carbonyl (C=O) groups is 1. The largest absolute Gasteiger partial charge is 0.573 e. The molecule has 0 aliphatic carbocycles. The molecule has 0 bridgehead atoms. The molecular formula is C22H20F3N3O4. The highest BCUT2D eigenvalue weighted by Crippen LogP contribution is 2.23. The third kappa shape index (κ3) is 5.20. The van der Waals surface area contributed by atoms with Gasteiger partial charge in [-0.25, -0.2) is 0 Å². The number of benzene rings is 1. The fourth-order valence-electron chi connectivity index (χ4n) is 3.55. The maximum Gasteiger partial charge on any atom is 0.573 e. The Morgan fingerprint density at radius 2 is 1.75 bits per heavy atom. The molecule has 3 heterocycles. The molecule has 1 fully saturated rings. The van der Waals surface area contributed by atoms with Crippen LogP contribution in [0.5, 0.6) is 5.75 Å². The molecule has 0 atom stereocenters. The number of ether oxygens (including phenoxy) is 1. The molecule has 3 aromatic rings. The van der Waals surface area contributed by atoms with Crippen molar-refractivity contribution in [1.29, 1.82) is 0 Å². The Bertz CT molecular complexity index is 1120. The van der Waals surface area contributed by atoms with Crippen molar-refractivity contribution < 1.29 is 27.1 Å². The van der Waals surface area contributed by atoms with Gasteiger partial charge in [-0.2, -0.15) is 0 Å². The average Bonchev–Trinajstić information content (AvgIpc) is 3.29. The van der Waals surface area contributed by atoms with Gasteiger partial charge in [-0.05, 0) is 42.0 Å². The number of aromatic amines is 1. The van der Waals surface area contributed by atoms with E-state index in [4.69, 9.17) is 4.42 Å². The average molecular weight is 447 g/mol. The molecule has 0 radical (unpaired) electrons. The zero-order chi connectivity index (χ0) is 22.7. The molecule has 168 valence electrons. The van der Waals surface area contributed by atoms with E-state index in [2.05, 4.69) is 14.6 Å². The van der Waals surface area contributed by atoms with E-state index < -0.39 is 11.9 Å². The summed E-state index contributed by atoms with van der Waals surface area (Å²) in [7, 11) is 0. The lowest BCUT2D eigenvalue weighted by Gasteiger charge is -2.34. The van der Waals surface area contributed by atoms with Crippen molar-refractivity contribution in [3.05, 3.63) is 76.3 Å². The molecule has 1 aliphatic heterocycles.